The molecule has 0 unspecified atom stereocenters. The van der Waals surface area contributed by atoms with E-state index in [2.05, 4.69) is 13.3 Å². The van der Waals surface area contributed by atoms with Gasteiger partial charge in [-0.05, 0) is 0 Å². The summed E-state index contributed by atoms with van der Waals surface area (Å²) in [6, 6.07) is 0. The molecule has 0 aromatic heterocycles. The zero-order chi connectivity index (χ0) is 6.24. The van der Waals surface area contributed by atoms with Crippen LogP contribution in [0.4, 0.5) is 0 Å². The maximum absolute atomic E-state index is 3.25. The summed E-state index contributed by atoms with van der Waals surface area (Å²) < 4.78 is 0. The second-order valence-electron chi connectivity index (χ2n) is 1.93. The van der Waals surface area contributed by atoms with E-state index in [-0.39, 0.29) is 19.5 Å². The van der Waals surface area contributed by atoms with Crippen LogP contribution < -0.4 is 0 Å². The molecule has 0 saturated heterocycles. The molecule has 0 radical (unpaired) electrons. The molecule has 0 bridgehead atoms. The average Bonchev–Trinajstić information content (AvgIpc) is 1.96. The summed E-state index contributed by atoms with van der Waals surface area (Å²) in [5.41, 5.74) is 0. The van der Waals surface area contributed by atoms with Gasteiger partial charge < -0.3 is 13.3 Å². The largest absolute Gasteiger partial charge is 2.00 e. The van der Waals surface area contributed by atoms with Crippen molar-refractivity contribution >= 4 is 0 Å². The summed E-state index contributed by atoms with van der Waals surface area (Å²) in [6.45, 7) is 5.00. The van der Waals surface area contributed by atoms with Crippen LogP contribution >= 0.6 is 0 Å². The van der Waals surface area contributed by atoms with Crippen molar-refractivity contribution in [2.24, 2.45) is 0 Å². The molecule has 9 heavy (non-hydrogen) atoms. The van der Waals surface area contributed by atoms with E-state index in [4.69, 9.17) is 0 Å². The summed E-state index contributed by atoms with van der Waals surface area (Å²) in [6.07, 6.45) is 9.50. The van der Waals surface area contributed by atoms with Gasteiger partial charge in [0.05, 0.1) is 0 Å². The molecule has 1 aliphatic carbocycles. The van der Waals surface area contributed by atoms with Crippen molar-refractivity contribution < 1.29 is 19.5 Å². The summed E-state index contributed by atoms with van der Waals surface area (Å²) in [4.78, 5) is 0. The zero-order valence-corrected chi connectivity index (χ0v) is 9.49. The van der Waals surface area contributed by atoms with Gasteiger partial charge in [0.2, 0.25) is 0 Å². The standard InChI is InChI=1S/C6H11.C2H5.Zn/c1-2-4-6-5-3-1;1-2;/h1H,2-6H2;1H2,2H3;/q2*-1;+2. The van der Waals surface area contributed by atoms with Crippen LogP contribution in [-0.2, 0) is 19.5 Å². The van der Waals surface area contributed by atoms with Crippen molar-refractivity contribution in [2.75, 3.05) is 0 Å². The minimum absolute atomic E-state index is 0. The van der Waals surface area contributed by atoms with Crippen molar-refractivity contribution in [2.45, 2.75) is 39.0 Å². The van der Waals surface area contributed by atoms with Gasteiger partial charge in [-0.15, -0.1) is 0 Å². The van der Waals surface area contributed by atoms with Crippen molar-refractivity contribution in [3.63, 3.8) is 0 Å². The Kier molecular flexibility index (Phi) is 15.6. The number of hydrogen-bond acceptors (Lipinski definition) is 0. The van der Waals surface area contributed by atoms with Gasteiger partial charge in [-0.1, -0.05) is 19.3 Å². The van der Waals surface area contributed by atoms with Crippen molar-refractivity contribution in [1.82, 2.24) is 0 Å². The molecule has 0 nitrogen and oxygen atoms in total. The first-order valence-corrected chi connectivity index (χ1v) is 3.52. The molecular weight excluding hydrogens is 161 g/mol. The average molecular weight is 178 g/mol. The van der Waals surface area contributed by atoms with Gasteiger partial charge in [0, 0.05) is 0 Å². The smallest absolute Gasteiger partial charge is 0.346 e. The predicted octanol–water partition coefficient (Wildman–Crippen LogP) is 2.99. The molecule has 0 amide bonds. The Morgan fingerprint density at radius 3 is 1.56 bits per heavy atom. The Balaban J connectivity index is 0. The van der Waals surface area contributed by atoms with E-state index in [1.54, 1.807) is 6.92 Å². The number of hydrogen-bond donors (Lipinski definition) is 0. The van der Waals surface area contributed by atoms with E-state index in [0.29, 0.717) is 0 Å². The van der Waals surface area contributed by atoms with Crippen LogP contribution in [0.15, 0.2) is 0 Å². The quantitative estimate of drug-likeness (QED) is 0.394. The minimum atomic E-state index is 0. The SMILES string of the molecule is [CH-]1CCCCC1.[CH2-]C.[Zn+2]. The molecule has 0 N–H and O–H groups in total. The van der Waals surface area contributed by atoms with E-state index in [1.165, 1.54) is 32.1 Å². The zero-order valence-electron chi connectivity index (χ0n) is 6.53. The van der Waals surface area contributed by atoms with E-state index in [9.17, 15) is 0 Å². The normalized spacial score (nSPS) is 16.7. The van der Waals surface area contributed by atoms with E-state index in [0.717, 1.165) is 0 Å². The fourth-order valence-electron chi connectivity index (χ4n) is 0.898. The first kappa shape index (κ1) is 12.3. The Bertz CT molecular complexity index is 20.0. The van der Waals surface area contributed by atoms with Gasteiger partial charge >= 0.3 is 19.5 Å². The molecule has 1 fully saturated rings. The molecule has 50 valence electrons. The second kappa shape index (κ2) is 11.4. The maximum Gasteiger partial charge on any atom is 2.00 e. The Hall–Kier alpha value is 0.623. The third-order valence-corrected chi connectivity index (χ3v) is 1.32. The fourth-order valence-corrected chi connectivity index (χ4v) is 0.898. The van der Waals surface area contributed by atoms with Gasteiger partial charge in [0.1, 0.15) is 0 Å². The third-order valence-electron chi connectivity index (χ3n) is 1.32. The Morgan fingerprint density at radius 1 is 1.00 bits per heavy atom. The maximum atomic E-state index is 3.25. The van der Waals surface area contributed by atoms with Crippen LogP contribution in [0, 0.1) is 13.3 Å². The molecular formula is C8H16Zn. The van der Waals surface area contributed by atoms with E-state index in [1.807, 2.05) is 0 Å². The number of rotatable bonds is 0. The summed E-state index contributed by atoms with van der Waals surface area (Å²) in [5, 5.41) is 0. The van der Waals surface area contributed by atoms with Crippen LogP contribution in [-0.4, -0.2) is 0 Å². The van der Waals surface area contributed by atoms with Crippen LogP contribution in [0.25, 0.3) is 0 Å². The summed E-state index contributed by atoms with van der Waals surface area (Å²) >= 11 is 0. The summed E-state index contributed by atoms with van der Waals surface area (Å²) in [7, 11) is 0. The Labute approximate surface area is 72.2 Å². The molecule has 0 heterocycles. The monoisotopic (exact) mass is 176 g/mol. The molecule has 0 aliphatic heterocycles. The molecule has 0 aromatic carbocycles. The van der Waals surface area contributed by atoms with Gasteiger partial charge in [-0.25, -0.2) is 0 Å². The van der Waals surface area contributed by atoms with Crippen LogP contribution in [0.5, 0.6) is 0 Å². The van der Waals surface area contributed by atoms with Crippen LogP contribution in [0.1, 0.15) is 39.0 Å². The van der Waals surface area contributed by atoms with Gasteiger partial charge in [0.15, 0.2) is 0 Å². The molecule has 1 aliphatic rings. The first-order chi connectivity index (χ1) is 4.00. The topological polar surface area (TPSA) is 0 Å². The predicted molar refractivity (Wildman–Crippen MR) is 38.4 cm³/mol. The van der Waals surface area contributed by atoms with Gasteiger partial charge in [0.25, 0.3) is 0 Å². The molecule has 0 aromatic rings. The van der Waals surface area contributed by atoms with Crippen LogP contribution in [0.2, 0.25) is 0 Å². The molecule has 0 atom stereocenters. The van der Waals surface area contributed by atoms with E-state index >= 15 is 0 Å². The molecule has 0 spiro atoms. The Morgan fingerprint density at radius 2 is 1.44 bits per heavy atom. The minimum Gasteiger partial charge on any atom is -0.346 e. The summed E-state index contributed by atoms with van der Waals surface area (Å²) in [5.74, 6) is 0. The van der Waals surface area contributed by atoms with Gasteiger partial charge in [-0.3, -0.25) is 0 Å². The molecule has 1 saturated carbocycles. The van der Waals surface area contributed by atoms with Crippen molar-refractivity contribution in [3.8, 4) is 0 Å². The first-order valence-electron chi connectivity index (χ1n) is 3.52. The molecule has 1 heteroatoms. The van der Waals surface area contributed by atoms with Gasteiger partial charge in [-0.2, -0.15) is 19.8 Å². The van der Waals surface area contributed by atoms with Crippen LogP contribution in [0.3, 0.4) is 0 Å². The molecule has 1 rings (SSSR count). The van der Waals surface area contributed by atoms with Crippen molar-refractivity contribution in [1.29, 1.82) is 0 Å². The third kappa shape index (κ3) is 8.62. The second-order valence-corrected chi connectivity index (χ2v) is 1.93. The fraction of sp³-hybridized carbons (Fsp3) is 0.750. The van der Waals surface area contributed by atoms with Crippen molar-refractivity contribution in [3.05, 3.63) is 13.3 Å². The van der Waals surface area contributed by atoms with E-state index < -0.39 is 0 Å².